The molecule has 20 heavy (non-hydrogen) atoms. The van der Waals surface area contributed by atoms with Crippen molar-refractivity contribution in [1.82, 2.24) is 0 Å². The van der Waals surface area contributed by atoms with Gasteiger partial charge in [0.25, 0.3) is 0 Å². The molecule has 0 aromatic heterocycles. The van der Waals surface area contributed by atoms with Gasteiger partial charge < -0.3 is 10.6 Å². The summed E-state index contributed by atoms with van der Waals surface area (Å²) < 4.78 is 0. The molecule has 0 saturated heterocycles. The Kier molecular flexibility index (Phi) is 4.74. The first-order valence-corrected chi connectivity index (χ1v) is 7.99. The molecular formula is C18H30N2. The first kappa shape index (κ1) is 15.4. The van der Waals surface area contributed by atoms with Crippen LogP contribution < -0.4 is 10.6 Å². The summed E-state index contributed by atoms with van der Waals surface area (Å²) >= 11 is 0. The first-order chi connectivity index (χ1) is 9.48. The average Bonchev–Trinajstić information content (AvgIpc) is 2.47. The molecule has 2 rings (SSSR count). The summed E-state index contributed by atoms with van der Waals surface area (Å²) in [4.78, 5) is 2.45. The maximum atomic E-state index is 6.23. The highest BCUT2D eigenvalue weighted by Gasteiger charge is 2.39. The first-order valence-electron chi connectivity index (χ1n) is 7.99. The Morgan fingerprint density at radius 1 is 1.30 bits per heavy atom. The molecule has 0 bridgehead atoms. The summed E-state index contributed by atoms with van der Waals surface area (Å²) in [6.45, 7) is 7.59. The number of likely N-dealkylation sites (N-methyl/N-ethyl adjacent to an activating group) is 1. The van der Waals surface area contributed by atoms with E-state index in [4.69, 9.17) is 5.73 Å². The predicted molar refractivity (Wildman–Crippen MR) is 88.2 cm³/mol. The third kappa shape index (κ3) is 3.01. The molecule has 112 valence electrons. The highest BCUT2D eigenvalue weighted by Crippen LogP contribution is 2.40. The quantitative estimate of drug-likeness (QED) is 0.900. The van der Waals surface area contributed by atoms with E-state index in [-0.39, 0.29) is 5.54 Å². The zero-order valence-electron chi connectivity index (χ0n) is 13.5. The van der Waals surface area contributed by atoms with Crippen LogP contribution in [0.4, 0.5) is 5.69 Å². The van der Waals surface area contributed by atoms with Gasteiger partial charge in [0.1, 0.15) is 0 Å². The van der Waals surface area contributed by atoms with E-state index in [1.165, 1.54) is 36.9 Å². The second kappa shape index (κ2) is 6.17. The minimum Gasteiger partial charge on any atom is -0.368 e. The number of rotatable bonds is 4. The van der Waals surface area contributed by atoms with Crippen LogP contribution >= 0.6 is 0 Å². The summed E-state index contributed by atoms with van der Waals surface area (Å²) in [6, 6.07) is 8.84. The van der Waals surface area contributed by atoms with Crippen LogP contribution in [0, 0.1) is 18.8 Å². The van der Waals surface area contributed by atoms with Crippen molar-refractivity contribution in [2.24, 2.45) is 17.6 Å². The van der Waals surface area contributed by atoms with Crippen molar-refractivity contribution in [3.63, 3.8) is 0 Å². The molecule has 1 aromatic rings. The molecule has 1 aromatic carbocycles. The molecule has 2 atom stereocenters. The van der Waals surface area contributed by atoms with Crippen LogP contribution in [0.2, 0.25) is 0 Å². The maximum absolute atomic E-state index is 6.23. The van der Waals surface area contributed by atoms with Gasteiger partial charge in [-0.1, -0.05) is 44.4 Å². The molecule has 0 aliphatic heterocycles. The lowest BCUT2D eigenvalue weighted by molar-refractivity contribution is 0.183. The Bertz CT molecular complexity index is 424. The second-order valence-electron chi connectivity index (χ2n) is 6.92. The SMILES string of the molecule is Cc1ccc(N(C)C2(CN)CCCC(C(C)C)C2)cc1. The fourth-order valence-electron chi connectivity index (χ4n) is 3.62. The number of aryl methyl sites for hydroxylation is 1. The van der Waals surface area contributed by atoms with Crippen LogP contribution in [-0.4, -0.2) is 19.1 Å². The number of nitrogens with two attached hydrogens (primary N) is 1. The van der Waals surface area contributed by atoms with Crippen LogP contribution in [0.3, 0.4) is 0 Å². The summed E-state index contributed by atoms with van der Waals surface area (Å²) in [5.41, 5.74) is 8.98. The summed E-state index contributed by atoms with van der Waals surface area (Å²) in [7, 11) is 2.22. The zero-order chi connectivity index (χ0) is 14.8. The monoisotopic (exact) mass is 274 g/mol. The van der Waals surface area contributed by atoms with E-state index in [1.807, 2.05) is 0 Å². The summed E-state index contributed by atoms with van der Waals surface area (Å²) in [5, 5.41) is 0. The number of benzene rings is 1. The van der Waals surface area contributed by atoms with Gasteiger partial charge in [-0.3, -0.25) is 0 Å². The van der Waals surface area contributed by atoms with Gasteiger partial charge in [0, 0.05) is 19.3 Å². The maximum Gasteiger partial charge on any atom is 0.0523 e. The van der Waals surface area contributed by atoms with Gasteiger partial charge in [-0.05, 0) is 43.7 Å². The van der Waals surface area contributed by atoms with Gasteiger partial charge in [0.05, 0.1) is 5.54 Å². The lowest BCUT2D eigenvalue weighted by Gasteiger charge is -2.48. The fourth-order valence-corrected chi connectivity index (χ4v) is 3.62. The van der Waals surface area contributed by atoms with E-state index in [2.05, 4.69) is 57.0 Å². The third-order valence-corrected chi connectivity index (χ3v) is 5.31. The summed E-state index contributed by atoms with van der Waals surface area (Å²) in [5.74, 6) is 1.56. The Hall–Kier alpha value is -1.02. The van der Waals surface area contributed by atoms with Gasteiger partial charge in [0.2, 0.25) is 0 Å². The lowest BCUT2D eigenvalue weighted by atomic mass is 9.71. The number of hydrogen-bond acceptors (Lipinski definition) is 2. The van der Waals surface area contributed by atoms with Crippen LogP contribution in [0.1, 0.15) is 45.1 Å². The number of hydrogen-bond donors (Lipinski definition) is 1. The molecule has 0 amide bonds. The smallest absolute Gasteiger partial charge is 0.0523 e. The zero-order valence-corrected chi connectivity index (χ0v) is 13.5. The molecule has 0 radical (unpaired) electrons. The van der Waals surface area contributed by atoms with Crippen LogP contribution in [-0.2, 0) is 0 Å². The van der Waals surface area contributed by atoms with E-state index in [9.17, 15) is 0 Å². The molecule has 2 N–H and O–H groups in total. The van der Waals surface area contributed by atoms with Crippen molar-refractivity contribution in [2.75, 3.05) is 18.5 Å². The van der Waals surface area contributed by atoms with E-state index < -0.39 is 0 Å². The Labute approximate surface area is 124 Å². The van der Waals surface area contributed by atoms with E-state index in [1.54, 1.807) is 0 Å². The number of nitrogens with zero attached hydrogens (tertiary/aromatic N) is 1. The molecular weight excluding hydrogens is 244 g/mol. The van der Waals surface area contributed by atoms with Gasteiger partial charge in [-0.2, -0.15) is 0 Å². The van der Waals surface area contributed by atoms with Gasteiger partial charge in [-0.15, -0.1) is 0 Å². The molecule has 1 saturated carbocycles. The Morgan fingerprint density at radius 2 is 1.95 bits per heavy atom. The van der Waals surface area contributed by atoms with Crippen molar-refractivity contribution in [2.45, 2.75) is 52.0 Å². The molecule has 0 heterocycles. The fraction of sp³-hybridized carbons (Fsp3) is 0.667. The van der Waals surface area contributed by atoms with Crippen LogP contribution in [0.5, 0.6) is 0 Å². The van der Waals surface area contributed by atoms with Crippen LogP contribution in [0.15, 0.2) is 24.3 Å². The predicted octanol–water partition coefficient (Wildman–Crippen LogP) is 3.97. The summed E-state index contributed by atoms with van der Waals surface area (Å²) in [6.07, 6.45) is 5.11. The highest BCUT2D eigenvalue weighted by molar-refractivity contribution is 5.49. The Morgan fingerprint density at radius 3 is 2.50 bits per heavy atom. The van der Waals surface area contributed by atoms with Crippen molar-refractivity contribution in [3.05, 3.63) is 29.8 Å². The topological polar surface area (TPSA) is 29.3 Å². The molecule has 2 heteroatoms. The molecule has 1 aliphatic rings. The molecule has 1 fully saturated rings. The van der Waals surface area contributed by atoms with E-state index in [0.717, 1.165) is 18.4 Å². The molecule has 0 spiro atoms. The van der Waals surface area contributed by atoms with E-state index >= 15 is 0 Å². The highest BCUT2D eigenvalue weighted by atomic mass is 15.2. The van der Waals surface area contributed by atoms with Crippen LogP contribution in [0.25, 0.3) is 0 Å². The Balaban J connectivity index is 2.23. The molecule has 2 nitrogen and oxygen atoms in total. The lowest BCUT2D eigenvalue weighted by Crippen LogP contribution is -2.55. The largest absolute Gasteiger partial charge is 0.368 e. The molecule has 2 unspecified atom stereocenters. The third-order valence-electron chi connectivity index (χ3n) is 5.31. The van der Waals surface area contributed by atoms with Crippen molar-refractivity contribution >= 4 is 5.69 Å². The molecule has 1 aliphatic carbocycles. The normalized spacial score (nSPS) is 26.8. The van der Waals surface area contributed by atoms with Gasteiger partial charge in [0.15, 0.2) is 0 Å². The van der Waals surface area contributed by atoms with E-state index in [0.29, 0.717) is 0 Å². The minimum atomic E-state index is 0.141. The average molecular weight is 274 g/mol. The van der Waals surface area contributed by atoms with Gasteiger partial charge >= 0.3 is 0 Å². The van der Waals surface area contributed by atoms with Crippen molar-refractivity contribution in [3.8, 4) is 0 Å². The second-order valence-corrected chi connectivity index (χ2v) is 6.92. The van der Waals surface area contributed by atoms with Crippen molar-refractivity contribution < 1.29 is 0 Å². The standard InChI is InChI=1S/C18H30N2/c1-14(2)16-6-5-11-18(12-16,13-19)20(4)17-9-7-15(3)8-10-17/h7-10,14,16H,5-6,11-13,19H2,1-4H3. The van der Waals surface area contributed by atoms with Gasteiger partial charge in [-0.25, -0.2) is 0 Å². The van der Waals surface area contributed by atoms with Crippen molar-refractivity contribution in [1.29, 1.82) is 0 Å². The minimum absolute atomic E-state index is 0.141. The number of anilines is 1.